The van der Waals surface area contributed by atoms with Crippen LogP contribution >= 0.6 is 0 Å². The minimum absolute atomic E-state index is 0.519. The van der Waals surface area contributed by atoms with Crippen LogP contribution in [0.4, 0.5) is 0 Å². The van der Waals surface area contributed by atoms with Gasteiger partial charge in [-0.25, -0.2) is 0 Å². The van der Waals surface area contributed by atoms with Gasteiger partial charge in [0, 0.05) is 12.1 Å². The summed E-state index contributed by atoms with van der Waals surface area (Å²) >= 11 is 0. The van der Waals surface area contributed by atoms with Crippen LogP contribution in [0.3, 0.4) is 0 Å². The van der Waals surface area contributed by atoms with Crippen LogP contribution in [0.1, 0.15) is 73.1 Å². The summed E-state index contributed by atoms with van der Waals surface area (Å²) in [7, 11) is 0. The molecular weight excluding hydrogens is 206 g/mol. The number of hydrogen-bond acceptors (Lipinski definition) is 1. The standard InChI is InChI=1S/C16H31N/c1-12-9-13(11-15(2,3)10-12)17-14-7-6-8-16(14,4)5/h12-14,17H,6-11H2,1-5H3. The van der Waals surface area contributed by atoms with E-state index in [-0.39, 0.29) is 0 Å². The smallest absolute Gasteiger partial charge is 0.0121 e. The second-order valence-electron chi connectivity index (χ2n) is 8.21. The van der Waals surface area contributed by atoms with Crippen LogP contribution in [-0.4, -0.2) is 12.1 Å². The maximum atomic E-state index is 3.99. The first-order valence-electron chi connectivity index (χ1n) is 7.55. The highest BCUT2D eigenvalue weighted by atomic mass is 15.0. The Bertz CT molecular complexity index is 267. The van der Waals surface area contributed by atoms with Crippen LogP contribution in [0.2, 0.25) is 0 Å². The summed E-state index contributed by atoms with van der Waals surface area (Å²) in [4.78, 5) is 0. The molecule has 0 heterocycles. The topological polar surface area (TPSA) is 12.0 Å². The highest BCUT2D eigenvalue weighted by Crippen LogP contribution is 2.41. The molecule has 0 spiro atoms. The largest absolute Gasteiger partial charge is 0.311 e. The number of nitrogens with one attached hydrogen (secondary N) is 1. The van der Waals surface area contributed by atoms with Crippen LogP contribution in [0.25, 0.3) is 0 Å². The maximum Gasteiger partial charge on any atom is 0.0121 e. The lowest BCUT2D eigenvalue weighted by Crippen LogP contribution is -2.48. The van der Waals surface area contributed by atoms with Gasteiger partial charge >= 0.3 is 0 Å². The van der Waals surface area contributed by atoms with Crippen LogP contribution in [0.5, 0.6) is 0 Å². The maximum absolute atomic E-state index is 3.99. The van der Waals surface area contributed by atoms with Gasteiger partial charge in [0.25, 0.3) is 0 Å². The summed E-state index contributed by atoms with van der Waals surface area (Å²) in [6.07, 6.45) is 8.35. The average molecular weight is 237 g/mol. The Morgan fingerprint density at radius 1 is 1.06 bits per heavy atom. The number of rotatable bonds is 2. The fraction of sp³-hybridized carbons (Fsp3) is 1.00. The van der Waals surface area contributed by atoms with E-state index in [1.54, 1.807) is 0 Å². The van der Waals surface area contributed by atoms with E-state index < -0.39 is 0 Å². The van der Waals surface area contributed by atoms with Gasteiger partial charge in [0.15, 0.2) is 0 Å². The van der Waals surface area contributed by atoms with Gasteiger partial charge in [0.2, 0.25) is 0 Å². The fourth-order valence-corrected chi connectivity index (χ4v) is 4.39. The van der Waals surface area contributed by atoms with Crippen LogP contribution in [-0.2, 0) is 0 Å². The Kier molecular flexibility index (Phi) is 3.60. The molecular formula is C16H31N. The second-order valence-corrected chi connectivity index (χ2v) is 8.21. The zero-order chi connectivity index (χ0) is 12.7. The summed E-state index contributed by atoms with van der Waals surface area (Å²) in [5.41, 5.74) is 1.06. The molecule has 0 saturated heterocycles. The van der Waals surface area contributed by atoms with Crippen molar-refractivity contribution >= 4 is 0 Å². The molecule has 2 saturated carbocycles. The summed E-state index contributed by atoms with van der Waals surface area (Å²) in [5.74, 6) is 0.890. The molecule has 0 bridgehead atoms. The monoisotopic (exact) mass is 237 g/mol. The van der Waals surface area contributed by atoms with Crippen molar-refractivity contribution in [2.24, 2.45) is 16.7 Å². The molecule has 1 N–H and O–H groups in total. The van der Waals surface area contributed by atoms with Crippen molar-refractivity contribution < 1.29 is 0 Å². The highest BCUT2D eigenvalue weighted by molar-refractivity contribution is 4.95. The van der Waals surface area contributed by atoms with E-state index in [0.29, 0.717) is 10.8 Å². The fourth-order valence-electron chi connectivity index (χ4n) is 4.39. The predicted molar refractivity (Wildman–Crippen MR) is 75.1 cm³/mol. The van der Waals surface area contributed by atoms with Crippen LogP contribution in [0, 0.1) is 16.7 Å². The molecule has 3 unspecified atom stereocenters. The molecule has 1 nitrogen and oxygen atoms in total. The lowest BCUT2D eigenvalue weighted by atomic mass is 9.70. The van der Waals surface area contributed by atoms with E-state index in [2.05, 4.69) is 39.9 Å². The Labute approximate surface area is 108 Å². The van der Waals surface area contributed by atoms with Gasteiger partial charge in [0.1, 0.15) is 0 Å². The minimum Gasteiger partial charge on any atom is -0.311 e. The quantitative estimate of drug-likeness (QED) is 0.752. The lowest BCUT2D eigenvalue weighted by Gasteiger charge is -2.42. The van der Waals surface area contributed by atoms with Crippen molar-refractivity contribution in [2.75, 3.05) is 0 Å². The van der Waals surface area contributed by atoms with Gasteiger partial charge in [-0.3, -0.25) is 0 Å². The molecule has 0 aromatic heterocycles. The molecule has 2 aliphatic rings. The van der Waals surface area contributed by atoms with E-state index >= 15 is 0 Å². The second kappa shape index (κ2) is 4.57. The SMILES string of the molecule is CC1CC(NC2CCCC2(C)C)CC(C)(C)C1. The molecule has 0 aromatic rings. The number of hydrogen-bond donors (Lipinski definition) is 1. The Balaban J connectivity index is 1.94. The van der Waals surface area contributed by atoms with E-state index in [9.17, 15) is 0 Å². The highest BCUT2D eigenvalue weighted by Gasteiger charge is 2.38. The molecule has 2 fully saturated rings. The zero-order valence-corrected chi connectivity index (χ0v) is 12.5. The van der Waals surface area contributed by atoms with Crippen molar-refractivity contribution in [1.29, 1.82) is 0 Å². The predicted octanol–water partition coefficient (Wildman–Crippen LogP) is 4.37. The molecule has 0 aromatic carbocycles. The lowest BCUT2D eigenvalue weighted by molar-refractivity contribution is 0.130. The molecule has 17 heavy (non-hydrogen) atoms. The van der Waals surface area contributed by atoms with E-state index in [1.807, 2.05) is 0 Å². The van der Waals surface area contributed by atoms with Crippen molar-refractivity contribution in [3.8, 4) is 0 Å². The summed E-state index contributed by atoms with van der Waals surface area (Å²) in [5, 5.41) is 3.99. The van der Waals surface area contributed by atoms with Gasteiger partial charge in [-0.05, 0) is 48.9 Å². The zero-order valence-electron chi connectivity index (χ0n) is 12.5. The first-order valence-corrected chi connectivity index (χ1v) is 7.55. The first kappa shape index (κ1) is 13.4. The summed E-state index contributed by atoms with van der Waals surface area (Å²) in [6.45, 7) is 12.2. The molecule has 0 radical (unpaired) electrons. The van der Waals surface area contributed by atoms with Gasteiger partial charge in [-0.15, -0.1) is 0 Å². The van der Waals surface area contributed by atoms with Crippen molar-refractivity contribution in [2.45, 2.75) is 85.2 Å². The van der Waals surface area contributed by atoms with E-state index in [0.717, 1.165) is 18.0 Å². The van der Waals surface area contributed by atoms with Crippen molar-refractivity contribution in [3.63, 3.8) is 0 Å². The average Bonchev–Trinajstić information content (AvgIpc) is 2.42. The summed E-state index contributed by atoms with van der Waals surface area (Å²) in [6, 6.07) is 1.52. The van der Waals surface area contributed by atoms with E-state index in [1.165, 1.54) is 38.5 Å². The molecule has 0 amide bonds. The van der Waals surface area contributed by atoms with Crippen molar-refractivity contribution in [1.82, 2.24) is 5.32 Å². The molecule has 3 atom stereocenters. The Morgan fingerprint density at radius 2 is 1.76 bits per heavy atom. The van der Waals surface area contributed by atoms with Gasteiger partial charge in [0.05, 0.1) is 0 Å². The van der Waals surface area contributed by atoms with Crippen molar-refractivity contribution in [3.05, 3.63) is 0 Å². The minimum atomic E-state index is 0.519. The Morgan fingerprint density at radius 3 is 2.29 bits per heavy atom. The molecule has 100 valence electrons. The van der Waals surface area contributed by atoms with Gasteiger partial charge in [-0.1, -0.05) is 41.0 Å². The molecule has 2 rings (SSSR count). The van der Waals surface area contributed by atoms with Gasteiger partial charge < -0.3 is 5.32 Å². The van der Waals surface area contributed by atoms with Gasteiger partial charge in [-0.2, -0.15) is 0 Å². The molecule has 0 aliphatic heterocycles. The first-order chi connectivity index (χ1) is 7.78. The normalized spacial score (nSPS) is 40.4. The third kappa shape index (κ3) is 3.24. The summed E-state index contributed by atoms with van der Waals surface area (Å²) < 4.78 is 0. The third-order valence-corrected chi connectivity index (χ3v) is 5.08. The van der Waals surface area contributed by atoms with E-state index in [4.69, 9.17) is 0 Å². The third-order valence-electron chi connectivity index (χ3n) is 5.08. The molecule has 2 aliphatic carbocycles. The van der Waals surface area contributed by atoms with Crippen LogP contribution < -0.4 is 5.32 Å². The molecule has 1 heteroatoms. The van der Waals surface area contributed by atoms with Crippen LogP contribution in [0.15, 0.2) is 0 Å². The Hall–Kier alpha value is -0.0400.